The molecule has 130 valence electrons. The van der Waals surface area contributed by atoms with E-state index < -0.39 is 11.6 Å². The van der Waals surface area contributed by atoms with Crippen molar-refractivity contribution in [3.63, 3.8) is 0 Å². The lowest BCUT2D eigenvalue weighted by Crippen LogP contribution is -2.04. The van der Waals surface area contributed by atoms with Crippen molar-refractivity contribution < 1.29 is 18.3 Å². The smallest absolute Gasteiger partial charge is 0.161 e. The summed E-state index contributed by atoms with van der Waals surface area (Å²) in [5, 5.41) is 0.311. The van der Waals surface area contributed by atoms with E-state index in [1.54, 1.807) is 13.2 Å². The van der Waals surface area contributed by atoms with Gasteiger partial charge in [-0.1, -0.05) is 23.7 Å². The van der Waals surface area contributed by atoms with Gasteiger partial charge >= 0.3 is 0 Å². The average Bonchev–Trinajstić information content (AvgIpc) is 2.99. The summed E-state index contributed by atoms with van der Waals surface area (Å²) >= 11 is 6.29. The van der Waals surface area contributed by atoms with Gasteiger partial charge in [0, 0.05) is 19.2 Å². The third kappa shape index (κ3) is 4.15. The summed E-state index contributed by atoms with van der Waals surface area (Å²) in [6.45, 7) is 0.936. The molecule has 0 fully saturated rings. The van der Waals surface area contributed by atoms with Gasteiger partial charge in [-0.05, 0) is 23.8 Å². The molecular formula is C18H15ClF2N2O2. The predicted octanol–water partition coefficient (Wildman–Crippen LogP) is 4.60. The molecule has 1 aromatic heterocycles. The van der Waals surface area contributed by atoms with Crippen LogP contribution in [0.4, 0.5) is 8.78 Å². The third-order valence-electron chi connectivity index (χ3n) is 3.46. The van der Waals surface area contributed by atoms with Gasteiger partial charge in [-0.25, -0.2) is 13.8 Å². The first-order chi connectivity index (χ1) is 12.1. The molecule has 25 heavy (non-hydrogen) atoms. The number of aromatic amines is 1. The van der Waals surface area contributed by atoms with E-state index in [9.17, 15) is 8.78 Å². The molecular weight excluding hydrogens is 350 g/mol. The van der Waals surface area contributed by atoms with Gasteiger partial charge in [-0.15, -0.1) is 0 Å². The number of hydrogen-bond acceptors (Lipinski definition) is 3. The van der Waals surface area contributed by atoms with Gasteiger partial charge in [-0.2, -0.15) is 0 Å². The minimum Gasteiger partial charge on any atom is -0.491 e. The lowest BCUT2D eigenvalue weighted by Gasteiger charge is -2.06. The Morgan fingerprint density at radius 1 is 1.20 bits per heavy atom. The van der Waals surface area contributed by atoms with Crippen molar-refractivity contribution in [2.24, 2.45) is 0 Å². The van der Waals surface area contributed by atoms with Gasteiger partial charge in [0.2, 0.25) is 0 Å². The number of nitrogens with one attached hydrogen (secondary N) is 1. The molecule has 0 bridgehead atoms. The molecule has 0 spiro atoms. The van der Waals surface area contributed by atoms with Crippen molar-refractivity contribution in [1.82, 2.24) is 9.97 Å². The zero-order valence-corrected chi connectivity index (χ0v) is 14.1. The molecule has 0 aliphatic carbocycles. The normalized spacial score (nSPS) is 11.9. The first kappa shape index (κ1) is 17.4. The molecule has 1 heterocycles. The van der Waals surface area contributed by atoms with Gasteiger partial charge in [0.1, 0.15) is 18.2 Å². The number of hydrogen-bond donors (Lipinski definition) is 1. The van der Waals surface area contributed by atoms with E-state index in [1.807, 2.05) is 24.3 Å². The summed E-state index contributed by atoms with van der Waals surface area (Å²) < 4.78 is 37.0. The quantitative estimate of drug-likeness (QED) is 0.650. The molecule has 3 aromatic rings. The van der Waals surface area contributed by atoms with E-state index in [0.29, 0.717) is 40.9 Å². The van der Waals surface area contributed by atoms with Crippen LogP contribution < -0.4 is 4.74 Å². The van der Waals surface area contributed by atoms with Crippen molar-refractivity contribution in [1.29, 1.82) is 0 Å². The van der Waals surface area contributed by atoms with Crippen LogP contribution in [-0.2, 0) is 4.74 Å². The number of methoxy groups -OCH3 is 1. The van der Waals surface area contributed by atoms with E-state index in [-0.39, 0.29) is 0 Å². The van der Waals surface area contributed by atoms with E-state index in [0.717, 1.165) is 17.7 Å². The number of benzene rings is 2. The minimum absolute atomic E-state index is 0.303. The Morgan fingerprint density at radius 2 is 2.00 bits per heavy atom. The monoisotopic (exact) mass is 364 g/mol. The number of ether oxygens (including phenoxy) is 2. The van der Waals surface area contributed by atoms with Crippen molar-refractivity contribution >= 4 is 33.7 Å². The maximum atomic E-state index is 13.3. The van der Waals surface area contributed by atoms with Gasteiger partial charge in [0.05, 0.1) is 22.7 Å². The zero-order valence-electron chi connectivity index (χ0n) is 13.4. The van der Waals surface area contributed by atoms with Gasteiger partial charge in [-0.3, -0.25) is 0 Å². The minimum atomic E-state index is -0.952. The molecule has 0 aliphatic heterocycles. The molecule has 0 aliphatic rings. The van der Waals surface area contributed by atoms with Crippen molar-refractivity contribution in [2.75, 3.05) is 20.3 Å². The molecule has 0 saturated heterocycles. The summed E-state index contributed by atoms with van der Waals surface area (Å²) in [7, 11) is 1.60. The molecule has 7 heteroatoms. The number of H-pyrrole nitrogens is 1. The summed E-state index contributed by atoms with van der Waals surface area (Å²) in [6, 6.07) is 9.41. The summed E-state index contributed by atoms with van der Waals surface area (Å²) in [4.78, 5) is 7.06. The number of imidazole rings is 1. The largest absolute Gasteiger partial charge is 0.491 e. The Kier molecular flexibility index (Phi) is 5.31. The topological polar surface area (TPSA) is 47.1 Å². The molecule has 0 radical (unpaired) electrons. The number of rotatable bonds is 6. The zero-order chi connectivity index (χ0) is 17.8. The van der Waals surface area contributed by atoms with Crippen LogP contribution in [0.15, 0.2) is 36.4 Å². The number of halogens is 3. The predicted molar refractivity (Wildman–Crippen MR) is 93.5 cm³/mol. The van der Waals surface area contributed by atoms with E-state index in [1.165, 1.54) is 0 Å². The number of aromatic nitrogens is 2. The van der Waals surface area contributed by atoms with Crippen LogP contribution in [-0.4, -0.2) is 30.3 Å². The molecule has 4 nitrogen and oxygen atoms in total. The maximum Gasteiger partial charge on any atom is 0.161 e. The fourth-order valence-electron chi connectivity index (χ4n) is 2.27. The Bertz CT molecular complexity index is 886. The maximum absolute atomic E-state index is 13.3. The van der Waals surface area contributed by atoms with Crippen molar-refractivity contribution in [3.8, 4) is 5.75 Å². The molecule has 1 N–H and O–H groups in total. The van der Waals surface area contributed by atoms with Crippen molar-refractivity contribution in [2.45, 2.75) is 0 Å². The lowest BCUT2D eigenvalue weighted by molar-refractivity contribution is 0.146. The highest BCUT2D eigenvalue weighted by molar-refractivity contribution is 6.50. The van der Waals surface area contributed by atoms with Crippen LogP contribution in [0.2, 0.25) is 0 Å². The first-order valence-electron chi connectivity index (χ1n) is 7.51. The van der Waals surface area contributed by atoms with Gasteiger partial charge < -0.3 is 14.5 Å². The van der Waals surface area contributed by atoms with Crippen LogP contribution in [0, 0.1) is 11.6 Å². The lowest BCUT2D eigenvalue weighted by atomic mass is 10.2. The van der Waals surface area contributed by atoms with Crippen LogP contribution in [0.25, 0.3) is 22.1 Å². The van der Waals surface area contributed by atoms with Crippen LogP contribution >= 0.6 is 11.6 Å². The van der Waals surface area contributed by atoms with Gasteiger partial charge in [0.25, 0.3) is 0 Å². The Labute approximate surface area is 148 Å². The molecule has 0 atom stereocenters. The van der Waals surface area contributed by atoms with Crippen LogP contribution in [0.5, 0.6) is 5.75 Å². The average molecular weight is 365 g/mol. The standard InChI is InChI=1S/C18H15ClF2N2O2/c1-24-5-6-25-12-4-2-3-11(7-12)8-13(19)18-22-16-9-14(20)15(21)10-17(16)23-18/h2-4,7-10H,5-6H2,1H3,(H,22,23)/b13-8+. The Morgan fingerprint density at radius 3 is 2.80 bits per heavy atom. The van der Waals surface area contributed by atoms with Crippen LogP contribution in [0.1, 0.15) is 11.4 Å². The fraction of sp³-hybridized carbons (Fsp3) is 0.167. The second-order valence-electron chi connectivity index (χ2n) is 5.27. The Hall–Kier alpha value is -2.44. The summed E-state index contributed by atoms with van der Waals surface area (Å²) in [6.07, 6.45) is 1.69. The SMILES string of the molecule is COCCOc1cccc(/C=C(/Cl)c2nc3cc(F)c(F)cc3[nH]2)c1. The first-order valence-corrected chi connectivity index (χ1v) is 7.89. The molecule has 0 saturated carbocycles. The number of nitrogens with zero attached hydrogens (tertiary/aromatic N) is 1. The van der Waals surface area contributed by atoms with E-state index >= 15 is 0 Å². The highest BCUT2D eigenvalue weighted by Crippen LogP contribution is 2.25. The second-order valence-corrected chi connectivity index (χ2v) is 5.68. The highest BCUT2D eigenvalue weighted by atomic mass is 35.5. The molecule has 3 rings (SSSR count). The molecule has 0 unspecified atom stereocenters. The summed E-state index contributed by atoms with van der Waals surface area (Å²) in [5.41, 5.74) is 1.48. The second kappa shape index (κ2) is 7.63. The highest BCUT2D eigenvalue weighted by Gasteiger charge is 2.10. The molecule has 0 amide bonds. The van der Waals surface area contributed by atoms with Crippen molar-refractivity contribution in [3.05, 3.63) is 59.4 Å². The Balaban J connectivity index is 1.84. The summed E-state index contributed by atoms with van der Waals surface area (Å²) in [5.74, 6) is -0.883. The fourth-order valence-corrected chi connectivity index (χ4v) is 2.49. The van der Waals surface area contributed by atoms with E-state index in [4.69, 9.17) is 21.1 Å². The van der Waals surface area contributed by atoms with E-state index in [2.05, 4.69) is 9.97 Å². The van der Waals surface area contributed by atoms with Crippen LogP contribution in [0.3, 0.4) is 0 Å². The number of fused-ring (bicyclic) bond motifs is 1. The molecule has 2 aromatic carbocycles. The third-order valence-corrected chi connectivity index (χ3v) is 3.75. The van der Waals surface area contributed by atoms with Gasteiger partial charge in [0.15, 0.2) is 11.6 Å².